The predicted molar refractivity (Wildman–Crippen MR) is 36.9 cm³/mol. The summed E-state index contributed by atoms with van der Waals surface area (Å²) >= 11 is 4.61. The molecule has 0 unspecified atom stereocenters. The van der Waals surface area contributed by atoms with Gasteiger partial charge < -0.3 is 9.52 Å². The van der Waals surface area contributed by atoms with E-state index in [4.69, 9.17) is 4.42 Å². The average Bonchev–Trinajstić information content (AvgIpc) is 2.11. The first-order valence-corrected chi connectivity index (χ1v) is 3.19. The van der Waals surface area contributed by atoms with Gasteiger partial charge in [0.25, 0.3) is 4.84 Å². The monoisotopic (exact) mass is 160 g/mol. The van der Waals surface area contributed by atoms with E-state index >= 15 is 0 Å². The number of H-pyrrole nitrogens is 1. The highest BCUT2D eigenvalue weighted by Crippen LogP contribution is 2.15. The highest BCUT2D eigenvalue weighted by atomic mass is 32.1. The smallest absolute Gasteiger partial charge is 0.284 e. The van der Waals surface area contributed by atoms with Crippen molar-refractivity contribution in [3.05, 3.63) is 10.7 Å². The summed E-state index contributed by atoms with van der Waals surface area (Å²) in [5.41, 5.74) is -1.06. The van der Waals surface area contributed by atoms with E-state index in [1.165, 1.54) is 0 Å². The van der Waals surface area contributed by atoms with E-state index in [-0.39, 0.29) is 10.7 Å². The quantitative estimate of drug-likeness (QED) is 0.601. The van der Waals surface area contributed by atoms with E-state index < -0.39 is 5.60 Å². The summed E-state index contributed by atoms with van der Waals surface area (Å²) in [6, 6.07) is 0. The topological polar surface area (TPSA) is 62.1 Å². The second kappa shape index (κ2) is 2.17. The summed E-state index contributed by atoms with van der Waals surface area (Å²) in [4.78, 5) is 0.178. The van der Waals surface area contributed by atoms with Crippen molar-refractivity contribution in [1.82, 2.24) is 10.2 Å². The van der Waals surface area contributed by atoms with Crippen molar-refractivity contribution in [2.45, 2.75) is 19.4 Å². The van der Waals surface area contributed by atoms with Gasteiger partial charge in [-0.05, 0) is 26.1 Å². The molecule has 10 heavy (non-hydrogen) atoms. The molecule has 56 valence electrons. The number of aliphatic hydroxyl groups is 1. The molecular formula is C5H8N2O2S. The minimum Gasteiger partial charge on any atom is -0.411 e. The van der Waals surface area contributed by atoms with Crippen LogP contribution in [0.5, 0.6) is 0 Å². The van der Waals surface area contributed by atoms with Crippen molar-refractivity contribution >= 4 is 12.2 Å². The Morgan fingerprint density at radius 1 is 1.70 bits per heavy atom. The number of hydrogen-bond acceptors (Lipinski definition) is 4. The van der Waals surface area contributed by atoms with E-state index in [1.807, 2.05) is 0 Å². The van der Waals surface area contributed by atoms with E-state index in [1.54, 1.807) is 13.8 Å². The largest absolute Gasteiger partial charge is 0.411 e. The molecule has 0 spiro atoms. The Labute approximate surface area is 62.9 Å². The van der Waals surface area contributed by atoms with Crippen LogP contribution in [0.1, 0.15) is 19.7 Å². The first-order valence-electron chi connectivity index (χ1n) is 2.78. The lowest BCUT2D eigenvalue weighted by Crippen LogP contribution is -2.15. The summed E-state index contributed by atoms with van der Waals surface area (Å²) in [6.07, 6.45) is 0. The first-order chi connectivity index (χ1) is 4.50. The zero-order valence-electron chi connectivity index (χ0n) is 5.71. The van der Waals surface area contributed by atoms with Crippen molar-refractivity contribution in [3.63, 3.8) is 0 Å². The summed E-state index contributed by atoms with van der Waals surface area (Å²) < 4.78 is 4.85. The van der Waals surface area contributed by atoms with Gasteiger partial charge in [-0.15, -0.1) is 5.10 Å². The van der Waals surface area contributed by atoms with Crippen molar-refractivity contribution in [3.8, 4) is 0 Å². The summed E-state index contributed by atoms with van der Waals surface area (Å²) in [5, 5.41) is 15.3. The number of nitrogens with zero attached hydrogens (tertiary/aromatic N) is 1. The van der Waals surface area contributed by atoms with E-state index in [2.05, 4.69) is 22.4 Å². The molecule has 0 saturated carbocycles. The fourth-order valence-electron chi connectivity index (χ4n) is 0.492. The minimum atomic E-state index is -1.06. The maximum Gasteiger partial charge on any atom is 0.284 e. The number of aromatic nitrogens is 2. The van der Waals surface area contributed by atoms with Gasteiger partial charge >= 0.3 is 0 Å². The van der Waals surface area contributed by atoms with Crippen molar-refractivity contribution in [1.29, 1.82) is 0 Å². The number of nitrogens with one attached hydrogen (secondary N) is 1. The standard InChI is InChI=1S/C5H8N2O2S/c1-5(2,8)3-6-7-4(10)9-3/h8H,1-2H3,(H,7,10). The second-order valence-corrected chi connectivity index (χ2v) is 2.85. The molecule has 0 atom stereocenters. The van der Waals surface area contributed by atoms with Crippen LogP contribution in [0, 0.1) is 4.84 Å². The molecule has 0 saturated heterocycles. The second-order valence-electron chi connectivity index (χ2n) is 2.48. The van der Waals surface area contributed by atoms with Crippen LogP contribution in [-0.4, -0.2) is 15.3 Å². The van der Waals surface area contributed by atoms with Gasteiger partial charge in [0.2, 0.25) is 5.89 Å². The lowest BCUT2D eigenvalue weighted by Gasteiger charge is -2.09. The van der Waals surface area contributed by atoms with E-state index in [0.29, 0.717) is 0 Å². The number of aromatic amines is 1. The third kappa shape index (κ3) is 1.43. The highest BCUT2D eigenvalue weighted by molar-refractivity contribution is 7.71. The Morgan fingerprint density at radius 2 is 2.30 bits per heavy atom. The Morgan fingerprint density at radius 3 is 2.50 bits per heavy atom. The normalized spacial score (nSPS) is 11.9. The van der Waals surface area contributed by atoms with Crippen LogP contribution in [0.15, 0.2) is 4.42 Å². The first kappa shape index (κ1) is 7.43. The van der Waals surface area contributed by atoms with Crippen LogP contribution in [-0.2, 0) is 5.60 Å². The molecule has 2 N–H and O–H groups in total. The maximum absolute atomic E-state index is 9.28. The Balaban J connectivity index is 3.07. The molecule has 0 amide bonds. The fraction of sp³-hybridized carbons (Fsp3) is 0.600. The number of rotatable bonds is 1. The predicted octanol–water partition coefficient (Wildman–Crippen LogP) is 0.960. The SMILES string of the molecule is CC(C)(O)c1n[nH]c(=S)o1. The summed E-state index contributed by atoms with van der Waals surface area (Å²) in [7, 11) is 0. The molecule has 1 heterocycles. The molecule has 0 aliphatic carbocycles. The molecule has 4 nitrogen and oxygen atoms in total. The molecule has 0 aliphatic rings. The summed E-state index contributed by atoms with van der Waals surface area (Å²) in [6.45, 7) is 3.14. The third-order valence-corrected chi connectivity index (χ3v) is 1.14. The molecule has 1 rings (SSSR count). The number of hydrogen-bond donors (Lipinski definition) is 2. The van der Waals surface area contributed by atoms with Crippen LogP contribution in [0.3, 0.4) is 0 Å². The molecule has 5 heteroatoms. The molecule has 0 aromatic carbocycles. The molecule has 0 fully saturated rings. The van der Waals surface area contributed by atoms with Crippen molar-refractivity contribution in [2.24, 2.45) is 0 Å². The average molecular weight is 160 g/mol. The van der Waals surface area contributed by atoms with Crippen LogP contribution < -0.4 is 0 Å². The van der Waals surface area contributed by atoms with Crippen LogP contribution in [0.4, 0.5) is 0 Å². The Kier molecular flexibility index (Phi) is 1.61. The third-order valence-electron chi connectivity index (χ3n) is 0.961. The van der Waals surface area contributed by atoms with Crippen molar-refractivity contribution < 1.29 is 9.52 Å². The molecule has 0 radical (unpaired) electrons. The Bertz CT molecular complexity index is 270. The van der Waals surface area contributed by atoms with Gasteiger partial charge in [-0.3, -0.25) is 0 Å². The fourth-order valence-corrected chi connectivity index (χ4v) is 0.616. The van der Waals surface area contributed by atoms with Gasteiger partial charge in [-0.25, -0.2) is 5.10 Å². The lowest BCUT2D eigenvalue weighted by atomic mass is 10.1. The summed E-state index contributed by atoms with van der Waals surface area (Å²) in [5.74, 6) is 0.206. The lowest BCUT2D eigenvalue weighted by molar-refractivity contribution is 0.0476. The zero-order valence-corrected chi connectivity index (χ0v) is 6.53. The van der Waals surface area contributed by atoms with Gasteiger partial charge in [-0.2, -0.15) is 0 Å². The van der Waals surface area contributed by atoms with Gasteiger partial charge in [0.1, 0.15) is 5.60 Å². The minimum absolute atomic E-state index is 0.178. The zero-order chi connectivity index (χ0) is 7.78. The van der Waals surface area contributed by atoms with Gasteiger partial charge in [0.15, 0.2) is 0 Å². The van der Waals surface area contributed by atoms with Crippen LogP contribution >= 0.6 is 12.2 Å². The van der Waals surface area contributed by atoms with Crippen LogP contribution in [0.25, 0.3) is 0 Å². The van der Waals surface area contributed by atoms with Gasteiger partial charge in [0.05, 0.1) is 0 Å². The molecular weight excluding hydrogens is 152 g/mol. The molecule has 1 aromatic rings. The van der Waals surface area contributed by atoms with Gasteiger partial charge in [-0.1, -0.05) is 0 Å². The molecule has 0 aliphatic heterocycles. The maximum atomic E-state index is 9.28. The van der Waals surface area contributed by atoms with Gasteiger partial charge in [0, 0.05) is 0 Å². The molecule has 1 aromatic heterocycles. The van der Waals surface area contributed by atoms with E-state index in [9.17, 15) is 5.11 Å². The Hall–Kier alpha value is -0.680. The van der Waals surface area contributed by atoms with Crippen LogP contribution in [0.2, 0.25) is 0 Å². The highest BCUT2D eigenvalue weighted by Gasteiger charge is 2.21. The van der Waals surface area contributed by atoms with E-state index in [0.717, 1.165) is 0 Å². The molecule has 0 bridgehead atoms. The van der Waals surface area contributed by atoms with Crippen molar-refractivity contribution in [2.75, 3.05) is 0 Å².